The van der Waals surface area contributed by atoms with Gasteiger partial charge in [0.15, 0.2) is 11.5 Å². The van der Waals surface area contributed by atoms with E-state index >= 15 is 0 Å². The number of hydrogen-bond acceptors (Lipinski definition) is 4. The maximum Gasteiger partial charge on any atom is 0.290 e. The van der Waals surface area contributed by atoms with Gasteiger partial charge in [0.25, 0.3) is 11.8 Å². The van der Waals surface area contributed by atoms with Gasteiger partial charge in [0.05, 0.1) is 18.8 Å². The Bertz CT molecular complexity index is 773. The Morgan fingerprint density at radius 3 is 2.87 bits per heavy atom. The van der Waals surface area contributed by atoms with Crippen molar-refractivity contribution in [3.05, 3.63) is 35.2 Å². The molecule has 4 rings (SSSR count). The van der Waals surface area contributed by atoms with Crippen molar-refractivity contribution >= 4 is 11.8 Å². The Morgan fingerprint density at radius 2 is 2.17 bits per heavy atom. The average molecular weight is 314 g/mol. The summed E-state index contributed by atoms with van der Waals surface area (Å²) >= 11 is 0. The normalized spacial score (nSPS) is 17.0. The molecule has 8 nitrogen and oxygen atoms in total. The van der Waals surface area contributed by atoms with Gasteiger partial charge in [0, 0.05) is 24.5 Å². The Kier molecular flexibility index (Phi) is 3.17. The molecular weight excluding hydrogens is 296 g/mol. The van der Waals surface area contributed by atoms with E-state index in [1.165, 1.54) is 0 Å². The van der Waals surface area contributed by atoms with Crippen LogP contribution in [0.25, 0.3) is 0 Å². The molecule has 0 atom stereocenters. The minimum absolute atomic E-state index is 0.130. The summed E-state index contributed by atoms with van der Waals surface area (Å²) in [5, 5.41) is 7.28. The fourth-order valence-electron chi connectivity index (χ4n) is 2.71. The van der Waals surface area contributed by atoms with Crippen LogP contribution in [0.2, 0.25) is 0 Å². The van der Waals surface area contributed by atoms with Crippen molar-refractivity contribution in [2.75, 3.05) is 6.54 Å². The fraction of sp³-hybridized carbons (Fsp3) is 0.467. The van der Waals surface area contributed by atoms with E-state index in [0.717, 1.165) is 24.2 Å². The van der Waals surface area contributed by atoms with Gasteiger partial charge in [0.1, 0.15) is 0 Å². The standard InChI is InChI=1S/C15H18N6O2/c1-9-7-16-13(17-9)15(23)20-4-5-21-11(8-20)6-12(19-21)14(22)18-10-2-3-10/h6-7,10H,2-5,8H2,1H3,(H,16,17)(H,18,22). The summed E-state index contributed by atoms with van der Waals surface area (Å²) in [6.07, 6.45) is 3.73. The second-order valence-corrected chi connectivity index (χ2v) is 6.13. The van der Waals surface area contributed by atoms with E-state index in [0.29, 0.717) is 37.2 Å². The molecule has 1 aliphatic heterocycles. The van der Waals surface area contributed by atoms with Crippen LogP contribution in [0.5, 0.6) is 0 Å². The second-order valence-electron chi connectivity index (χ2n) is 6.13. The molecule has 0 aromatic carbocycles. The van der Waals surface area contributed by atoms with Gasteiger partial charge in [-0.3, -0.25) is 14.3 Å². The van der Waals surface area contributed by atoms with Crippen molar-refractivity contribution < 1.29 is 9.59 Å². The van der Waals surface area contributed by atoms with Crippen molar-refractivity contribution in [1.82, 2.24) is 30.0 Å². The van der Waals surface area contributed by atoms with Crippen molar-refractivity contribution in [3.63, 3.8) is 0 Å². The first-order chi connectivity index (χ1) is 11.1. The summed E-state index contributed by atoms with van der Waals surface area (Å²) in [5.41, 5.74) is 2.15. The molecule has 2 aromatic heterocycles. The molecule has 2 amide bonds. The number of carbonyl (C=O) groups excluding carboxylic acids is 2. The molecule has 0 unspecified atom stereocenters. The quantitative estimate of drug-likeness (QED) is 0.860. The van der Waals surface area contributed by atoms with Gasteiger partial charge >= 0.3 is 0 Å². The van der Waals surface area contributed by atoms with Crippen molar-refractivity contribution in [2.24, 2.45) is 0 Å². The summed E-state index contributed by atoms with van der Waals surface area (Å²) in [7, 11) is 0. The number of hydrogen-bond donors (Lipinski definition) is 2. The Hall–Kier alpha value is -2.64. The van der Waals surface area contributed by atoms with E-state index in [2.05, 4.69) is 20.4 Å². The molecule has 0 saturated heterocycles. The SMILES string of the molecule is Cc1cnc(C(=O)N2CCn3nc(C(=O)NC4CC4)cc3C2)[nH]1. The molecule has 1 fully saturated rings. The zero-order valence-corrected chi connectivity index (χ0v) is 12.9. The number of carbonyl (C=O) groups is 2. The third-order valence-corrected chi connectivity index (χ3v) is 4.14. The molecule has 1 aliphatic carbocycles. The molecule has 3 heterocycles. The van der Waals surface area contributed by atoms with Crippen LogP contribution in [0.4, 0.5) is 0 Å². The number of aromatic nitrogens is 4. The van der Waals surface area contributed by atoms with Gasteiger partial charge in [-0.2, -0.15) is 5.10 Å². The number of nitrogens with zero attached hydrogens (tertiary/aromatic N) is 4. The number of H-pyrrole nitrogens is 1. The molecular formula is C15H18N6O2. The minimum atomic E-state index is -0.131. The summed E-state index contributed by atoms with van der Waals surface area (Å²) in [4.78, 5) is 33.3. The Balaban J connectivity index is 1.49. The lowest BCUT2D eigenvalue weighted by molar-refractivity contribution is 0.0694. The zero-order valence-electron chi connectivity index (χ0n) is 12.9. The highest BCUT2D eigenvalue weighted by Crippen LogP contribution is 2.20. The van der Waals surface area contributed by atoms with Crippen molar-refractivity contribution in [1.29, 1.82) is 0 Å². The van der Waals surface area contributed by atoms with E-state index in [9.17, 15) is 9.59 Å². The van der Waals surface area contributed by atoms with E-state index in [-0.39, 0.29) is 11.8 Å². The lowest BCUT2D eigenvalue weighted by Gasteiger charge is -2.26. The van der Waals surface area contributed by atoms with Gasteiger partial charge < -0.3 is 15.2 Å². The van der Waals surface area contributed by atoms with Gasteiger partial charge in [-0.05, 0) is 25.8 Å². The third kappa shape index (κ3) is 2.71. The van der Waals surface area contributed by atoms with Crippen LogP contribution >= 0.6 is 0 Å². The number of aromatic amines is 1. The van der Waals surface area contributed by atoms with Crippen LogP contribution < -0.4 is 5.32 Å². The first-order valence-electron chi connectivity index (χ1n) is 7.78. The van der Waals surface area contributed by atoms with Gasteiger partial charge in [0.2, 0.25) is 0 Å². The number of amides is 2. The topological polar surface area (TPSA) is 95.9 Å². The second kappa shape index (κ2) is 5.22. The lowest BCUT2D eigenvalue weighted by Crippen LogP contribution is -2.38. The number of imidazole rings is 1. The van der Waals surface area contributed by atoms with Crippen LogP contribution in [0.1, 0.15) is 45.3 Å². The van der Waals surface area contributed by atoms with E-state index in [4.69, 9.17) is 0 Å². The van der Waals surface area contributed by atoms with Crippen LogP contribution in [0.15, 0.2) is 12.3 Å². The summed E-state index contributed by atoms with van der Waals surface area (Å²) in [6, 6.07) is 2.08. The van der Waals surface area contributed by atoms with Crippen LogP contribution in [-0.4, -0.2) is 49.0 Å². The number of nitrogens with one attached hydrogen (secondary N) is 2. The molecule has 2 N–H and O–H groups in total. The summed E-state index contributed by atoms with van der Waals surface area (Å²) in [6.45, 7) is 3.43. The number of fused-ring (bicyclic) bond motifs is 1. The molecule has 1 saturated carbocycles. The molecule has 0 bridgehead atoms. The summed E-state index contributed by atoms with van der Waals surface area (Å²) in [5.74, 6) is 0.0885. The predicted octanol–water partition coefficient (Wildman–Crippen LogP) is 0.463. The van der Waals surface area contributed by atoms with Crippen molar-refractivity contribution in [3.8, 4) is 0 Å². The molecule has 120 valence electrons. The minimum Gasteiger partial charge on any atom is -0.348 e. The van der Waals surface area contributed by atoms with Crippen molar-refractivity contribution in [2.45, 2.75) is 38.9 Å². The zero-order chi connectivity index (χ0) is 16.0. The summed E-state index contributed by atoms with van der Waals surface area (Å²) < 4.78 is 1.80. The van der Waals surface area contributed by atoms with E-state index in [1.54, 1.807) is 21.8 Å². The highest BCUT2D eigenvalue weighted by Gasteiger charge is 2.28. The molecule has 0 radical (unpaired) electrons. The van der Waals surface area contributed by atoms with Crippen LogP contribution in [0.3, 0.4) is 0 Å². The molecule has 23 heavy (non-hydrogen) atoms. The van der Waals surface area contributed by atoms with Crippen LogP contribution in [-0.2, 0) is 13.1 Å². The predicted molar refractivity (Wildman–Crippen MR) is 80.8 cm³/mol. The first-order valence-corrected chi connectivity index (χ1v) is 7.78. The Labute approximate surface area is 132 Å². The largest absolute Gasteiger partial charge is 0.348 e. The van der Waals surface area contributed by atoms with Crippen LogP contribution in [0, 0.1) is 6.92 Å². The maximum absolute atomic E-state index is 12.4. The monoisotopic (exact) mass is 314 g/mol. The van der Waals surface area contributed by atoms with E-state index in [1.807, 2.05) is 6.92 Å². The van der Waals surface area contributed by atoms with E-state index < -0.39 is 0 Å². The number of rotatable bonds is 3. The highest BCUT2D eigenvalue weighted by molar-refractivity contribution is 5.93. The maximum atomic E-state index is 12.4. The van der Waals surface area contributed by atoms with Gasteiger partial charge in [-0.1, -0.05) is 0 Å². The smallest absolute Gasteiger partial charge is 0.290 e. The van der Waals surface area contributed by atoms with Gasteiger partial charge in [-0.25, -0.2) is 4.98 Å². The Morgan fingerprint density at radius 1 is 1.35 bits per heavy atom. The molecule has 0 spiro atoms. The third-order valence-electron chi connectivity index (χ3n) is 4.14. The lowest BCUT2D eigenvalue weighted by atomic mass is 10.2. The molecule has 8 heteroatoms. The fourth-order valence-corrected chi connectivity index (χ4v) is 2.71. The molecule has 2 aliphatic rings. The number of aryl methyl sites for hydroxylation is 1. The highest BCUT2D eigenvalue weighted by atomic mass is 16.2. The average Bonchev–Trinajstić information content (AvgIpc) is 3.09. The molecule has 2 aromatic rings. The van der Waals surface area contributed by atoms with Gasteiger partial charge in [-0.15, -0.1) is 0 Å². The first kappa shape index (κ1) is 14.0.